The van der Waals surface area contributed by atoms with Gasteiger partial charge in [0.1, 0.15) is 6.54 Å². The summed E-state index contributed by atoms with van der Waals surface area (Å²) >= 11 is 0. The molecule has 2 N–H and O–H groups in total. The molecular formula is C15H27ClN4O3. The lowest BCUT2D eigenvalue weighted by atomic mass is 9.91. The van der Waals surface area contributed by atoms with Crippen molar-refractivity contribution in [3.63, 3.8) is 0 Å². The highest BCUT2D eigenvalue weighted by atomic mass is 35.5. The molecule has 2 fully saturated rings. The summed E-state index contributed by atoms with van der Waals surface area (Å²) in [5, 5.41) is 0. The fourth-order valence-electron chi connectivity index (χ4n) is 3.11. The Hall–Kier alpha value is -1.34. The number of hydrogen-bond donors (Lipinski definition) is 1. The van der Waals surface area contributed by atoms with Gasteiger partial charge in [0.15, 0.2) is 0 Å². The van der Waals surface area contributed by atoms with Gasteiger partial charge in [0, 0.05) is 38.8 Å². The molecule has 8 heteroatoms. The largest absolute Gasteiger partial charge is 0.341 e. The lowest BCUT2D eigenvalue weighted by Crippen LogP contribution is -2.56. The predicted octanol–water partition coefficient (Wildman–Crippen LogP) is -0.315. The normalized spacial score (nSPS) is 21.3. The number of carbonyl (C=O) groups excluding carboxylic acids is 3. The van der Waals surface area contributed by atoms with Crippen molar-refractivity contribution in [1.82, 2.24) is 14.7 Å². The van der Waals surface area contributed by atoms with E-state index in [-0.39, 0.29) is 30.9 Å². The van der Waals surface area contributed by atoms with Gasteiger partial charge in [-0.05, 0) is 32.6 Å². The van der Waals surface area contributed by atoms with Crippen LogP contribution in [0.25, 0.3) is 0 Å². The van der Waals surface area contributed by atoms with Crippen molar-refractivity contribution in [2.75, 3.05) is 39.3 Å². The lowest BCUT2D eigenvalue weighted by Gasteiger charge is -2.36. The van der Waals surface area contributed by atoms with Gasteiger partial charge in [0.05, 0.1) is 0 Å². The number of nitrogens with two attached hydrogens (primary N) is 1. The Balaban J connectivity index is 0.00000264. The first-order valence-corrected chi connectivity index (χ1v) is 8.05. The Labute approximate surface area is 143 Å². The summed E-state index contributed by atoms with van der Waals surface area (Å²) in [6.45, 7) is 6.67. The monoisotopic (exact) mass is 346 g/mol. The summed E-state index contributed by atoms with van der Waals surface area (Å²) in [6.07, 6.45) is 1.81. The molecule has 0 radical (unpaired) electrons. The first-order valence-electron chi connectivity index (χ1n) is 8.05. The third-order valence-electron chi connectivity index (χ3n) is 4.74. The number of likely N-dealkylation sites (tertiary alicyclic amines) is 1. The van der Waals surface area contributed by atoms with Gasteiger partial charge in [-0.1, -0.05) is 0 Å². The van der Waals surface area contributed by atoms with E-state index in [2.05, 4.69) is 0 Å². The predicted molar refractivity (Wildman–Crippen MR) is 89.0 cm³/mol. The Morgan fingerprint density at radius 3 is 2.17 bits per heavy atom. The summed E-state index contributed by atoms with van der Waals surface area (Å²) < 4.78 is 0. The molecule has 132 valence electrons. The summed E-state index contributed by atoms with van der Waals surface area (Å²) in [5.41, 5.74) is 5.90. The standard InChI is InChI=1S/C15H26N4O3.ClH/c1-3-17-8-9-19(15(22)14(17)21)10-13(20)18-6-4-12(5-7-18)11(2)16;/h11-12H,3-10,16H2,1-2H3;1H. The number of carbonyl (C=O) groups is 3. The van der Waals surface area contributed by atoms with E-state index in [1.54, 1.807) is 4.90 Å². The minimum absolute atomic E-state index is 0. The molecule has 0 aromatic heterocycles. The average molecular weight is 347 g/mol. The molecule has 0 aromatic carbocycles. The summed E-state index contributed by atoms with van der Waals surface area (Å²) in [6, 6.07) is 0.151. The number of amides is 3. The molecule has 2 rings (SSSR count). The molecular weight excluding hydrogens is 320 g/mol. The van der Waals surface area contributed by atoms with Crippen LogP contribution in [0.4, 0.5) is 0 Å². The van der Waals surface area contributed by atoms with E-state index in [0.29, 0.717) is 38.6 Å². The Morgan fingerprint density at radius 1 is 1.13 bits per heavy atom. The second-order valence-corrected chi connectivity index (χ2v) is 6.19. The van der Waals surface area contributed by atoms with Crippen LogP contribution in [0.5, 0.6) is 0 Å². The van der Waals surface area contributed by atoms with Gasteiger partial charge in [0.2, 0.25) is 5.91 Å². The number of nitrogens with zero attached hydrogens (tertiary/aromatic N) is 3. The van der Waals surface area contributed by atoms with Crippen LogP contribution in [0, 0.1) is 5.92 Å². The molecule has 7 nitrogen and oxygen atoms in total. The highest BCUT2D eigenvalue weighted by Gasteiger charge is 2.34. The van der Waals surface area contributed by atoms with Crippen molar-refractivity contribution in [2.24, 2.45) is 11.7 Å². The third kappa shape index (κ3) is 4.57. The Bertz CT molecular complexity index is 450. The van der Waals surface area contributed by atoms with Crippen molar-refractivity contribution in [2.45, 2.75) is 32.7 Å². The second kappa shape index (κ2) is 8.49. The van der Waals surface area contributed by atoms with E-state index in [0.717, 1.165) is 12.8 Å². The molecule has 1 unspecified atom stereocenters. The maximum Gasteiger partial charge on any atom is 0.312 e. The van der Waals surface area contributed by atoms with E-state index >= 15 is 0 Å². The van der Waals surface area contributed by atoms with Crippen molar-refractivity contribution >= 4 is 30.1 Å². The lowest BCUT2D eigenvalue weighted by molar-refractivity contribution is -0.157. The minimum Gasteiger partial charge on any atom is -0.341 e. The van der Waals surface area contributed by atoms with Crippen molar-refractivity contribution in [3.8, 4) is 0 Å². The first kappa shape index (κ1) is 19.7. The van der Waals surface area contributed by atoms with Gasteiger partial charge in [-0.25, -0.2) is 0 Å². The highest BCUT2D eigenvalue weighted by Crippen LogP contribution is 2.19. The Kier molecular flexibility index (Phi) is 7.28. The summed E-state index contributed by atoms with van der Waals surface area (Å²) in [7, 11) is 0. The molecule has 23 heavy (non-hydrogen) atoms. The summed E-state index contributed by atoms with van der Waals surface area (Å²) in [4.78, 5) is 40.8. The van der Waals surface area contributed by atoms with Gasteiger partial charge < -0.3 is 20.4 Å². The van der Waals surface area contributed by atoms with Crippen molar-refractivity contribution < 1.29 is 14.4 Å². The van der Waals surface area contributed by atoms with E-state index in [9.17, 15) is 14.4 Å². The number of rotatable bonds is 4. The maximum atomic E-state index is 12.3. The van der Waals surface area contributed by atoms with Crippen molar-refractivity contribution in [3.05, 3.63) is 0 Å². The number of halogens is 1. The topological polar surface area (TPSA) is 86.9 Å². The maximum absolute atomic E-state index is 12.3. The number of likely N-dealkylation sites (N-methyl/N-ethyl adjacent to an activating group) is 1. The van der Waals surface area contributed by atoms with Crippen LogP contribution in [0.1, 0.15) is 26.7 Å². The molecule has 2 aliphatic heterocycles. The number of hydrogen-bond acceptors (Lipinski definition) is 4. The summed E-state index contributed by atoms with van der Waals surface area (Å²) in [5.74, 6) is -0.682. The van der Waals surface area contributed by atoms with Crippen molar-refractivity contribution in [1.29, 1.82) is 0 Å². The third-order valence-corrected chi connectivity index (χ3v) is 4.74. The molecule has 1 atom stereocenters. The zero-order valence-corrected chi connectivity index (χ0v) is 14.7. The van der Waals surface area contributed by atoms with Gasteiger partial charge in [-0.15, -0.1) is 12.4 Å². The van der Waals surface area contributed by atoms with Gasteiger partial charge in [-0.3, -0.25) is 14.4 Å². The smallest absolute Gasteiger partial charge is 0.312 e. The molecule has 2 saturated heterocycles. The van der Waals surface area contributed by atoms with Crippen LogP contribution in [0.3, 0.4) is 0 Å². The van der Waals surface area contributed by atoms with Crippen LogP contribution in [-0.4, -0.2) is 77.7 Å². The van der Waals surface area contributed by atoms with Crippen LogP contribution in [-0.2, 0) is 14.4 Å². The van der Waals surface area contributed by atoms with Crippen LogP contribution in [0.2, 0.25) is 0 Å². The van der Waals surface area contributed by atoms with E-state index < -0.39 is 11.8 Å². The van der Waals surface area contributed by atoms with Gasteiger partial charge >= 0.3 is 11.8 Å². The molecule has 0 spiro atoms. The zero-order valence-electron chi connectivity index (χ0n) is 13.9. The number of piperazine rings is 1. The zero-order chi connectivity index (χ0) is 16.3. The van der Waals surface area contributed by atoms with E-state index in [1.165, 1.54) is 9.80 Å². The fourth-order valence-corrected chi connectivity index (χ4v) is 3.11. The van der Waals surface area contributed by atoms with Gasteiger partial charge in [0.25, 0.3) is 0 Å². The van der Waals surface area contributed by atoms with Crippen LogP contribution >= 0.6 is 12.4 Å². The Morgan fingerprint density at radius 2 is 1.65 bits per heavy atom. The first-order chi connectivity index (χ1) is 10.4. The van der Waals surface area contributed by atoms with Gasteiger partial charge in [-0.2, -0.15) is 0 Å². The molecule has 0 bridgehead atoms. The van der Waals surface area contributed by atoms with E-state index in [4.69, 9.17) is 5.73 Å². The highest BCUT2D eigenvalue weighted by molar-refractivity contribution is 6.35. The molecule has 0 aliphatic carbocycles. The minimum atomic E-state index is -0.563. The molecule has 0 aromatic rings. The quantitative estimate of drug-likeness (QED) is 0.707. The molecule has 2 aliphatic rings. The molecule has 0 saturated carbocycles. The number of piperidine rings is 1. The van der Waals surface area contributed by atoms with Crippen LogP contribution < -0.4 is 5.73 Å². The molecule has 3 amide bonds. The molecule has 2 heterocycles. The average Bonchev–Trinajstić information content (AvgIpc) is 2.52. The fraction of sp³-hybridized carbons (Fsp3) is 0.800. The SMILES string of the molecule is CCN1CCN(CC(=O)N2CCC(C(C)N)CC2)C(=O)C1=O.Cl. The van der Waals surface area contributed by atoms with E-state index in [1.807, 2.05) is 13.8 Å². The van der Waals surface area contributed by atoms with Crippen LogP contribution in [0.15, 0.2) is 0 Å². The second-order valence-electron chi connectivity index (χ2n) is 6.19.